The van der Waals surface area contributed by atoms with Crippen molar-refractivity contribution in [1.82, 2.24) is 19.5 Å². The molecule has 0 aliphatic carbocycles. The number of nitrogens with one attached hydrogen (secondary N) is 1. The molecule has 0 spiro atoms. The average molecular weight is 327 g/mol. The van der Waals surface area contributed by atoms with Gasteiger partial charge >= 0.3 is 6.01 Å². The van der Waals surface area contributed by atoms with E-state index in [4.69, 9.17) is 4.74 Å². The van der Waals surface area contributed by atoms with Crippen LogP contribution in [0.15, 0.2) is 30.6 Å². The number of anilines is 2. The van der Waals surface area contributed by atoms with E-state index in [1.165, 1.54) is 0 Å². The Bertz CT molecular complexity index is 856. The van der Waals surface area contributed by atoms with Gasteiger partial charge in [-0.2, -0.15) is 9.97 Å². The Hall–Kier alpha value is -2.87. The Morgan fingerprint density at radius 3 is 2.71 bits per heavy atom. The van der Waals surface area contributed by atoms with Crippen molar-refractivity contribution in [1.29, 1.82) is 0 Å². The average Bonchev–Trinajstić information content (AvgIpc) is 3.01. The second-order valence-corrected chi connectivity index (χ2v) is 5.69. The van der Waals surface area contributed by atoms with Crippen LogP contribution in [0.25, 0.3) is 11.2 Å². The van der Waals surface area contributed by atoms with Crippen molar-refractivity contribution < 1.29 is 14.9 Å². The molecule has 1 fully saturated rings. The number of phenols is 1. The molecule has 1 atom stereocenters. The second kappa shape index (κ2) is 5.97. The monoisotopic (exact) mass is 327 g/mol. The van der Waals surface area contributed by atoms with Crippen LogP contribution in [-0.4, -0.2) is 36.3 Å². The van der Waals surface area contributed by atoms with Gasteiger partial charge in [-0.3, -0.25) is 4.57 Å². The molecule has 0 saturated carbocycles. The fraction of sp³-hybridized carbons (Fsp3) is 0.312. The summed E-state index contributed by atoms with van der Waals surface area (Å²) in [5, 5.41) is 22.3. The normalized spacial score (nSPS) is 17.9. The summed E-state index contributed by atoms with van der Waals surface area (Å²) in [6, 6.07) is 6.22. The van der Waals surface area contributed by atoms with E-state index in [1.807, 2.05) is 4.57 Å². The Kier molecular flexibility index (Phi) is 3.66. The van der Waals surface area contributed by atoms with Gasteiger partial charge in [0.1, 0.15) is 12.0 Å². The zero-order chi connectivity index (χ0) is 16.5. The Labute approximate surface area is 137 Å². The minimum absolute atomic E-state index is 0.125. The summed E-state index contributed by atoms with van der Waals surface area (Å²) < 4.78 is 7.61. The van der Waals surface area contributed by atoms with E-state index in [2.05, 4.69) is 20.3 Å². The molecule has 24 heavy (non-hydrogen) atoms. The topological polar surface area (TPSA) is 105 Å². The quantitative estimate of drug-likeness (QED) is 0.635. The fourth-order valence-corrected chi connectivity index (χ4v) is 2.83. The number of benzene rings is 1. The van der Waals surface area contributed by atoms with Gasteiger partial charge in [-0.1, -0.05) is 0 Å². The first-order valence-electron chi connectivity index (χ1n) is 7.82. The van der Waals surface area contributed by atoms with Crippen molar-refractivity contribution >= 4 is 22.7 Å². The molecular formula is C16H17N5O3. The van der Waals surface area contributed by atoms with Crippen LogP contribution in [0.5, 0.6) is 11.8 Å². The molecule has 1 aromatic carbocycles. The van der Waals surface area contributed by atoms with Crippen molar-refractivity contribution in [2.75, 3.05) is 11.9 Å². The molecule has 0 radical (unpaired) electrons. The third kappa shape index (κ3) is 2.71. The molecule has 8 nitrogen and oxygen atoms in total. The van der Waals surface area contributed by atoms with Crippen molar-refractivity contribution in [3.63, 3.8) is 0 Å². The highest BCUT2D eigenvalue weighted by atomic mass is 16.5. The second-order valence-electron chi connectivity index (χ2n) is 5.69. The van der Waals surface area contributed by atoms with Gasteiger partial charge in [-0.15, -0.1) is 0 Å². The number of hydrogen-bond acceptors (Lipinski definition) is 7. The number of nitrogens with zero attached hydrogens (tertiary/aromatic N) is 4. The maximum atomic E-state index is 9.89. The summed E-state index contributed by atoms with van der Waals surface area (Å²) in [6.45, 7) is 0.708. The molecule has 0 amide bonds. The molecular weight excluding hydrogens is 310 g/mol. The van der Waals surface area contributed by atoms with Gasteiger partial charge in [-0.25, -0.2) is 4.98 Å². The Balaban J connectivity index is 1.73. The lowest BCUT2D eigenvalue weighted by Crippen LogP contribution is -2.17. The smallest absolute Gasteiger partial charge is 0.318 e. The summed E-state index contributed by atoms with van der Waals surface area (Å²) in [7, 11) is 0. The lowest BCUT2D eigenvalue weighted by Gasteiger charge is -2.23. The molecule has 124 valence electrons. The molecule has 3 aromatic rings. The predicted octanol–water partition coefficient (Wildman–Crippen LogP) is 2.68. The summed E-state index contributed by atoms with van der Waals surface area (Å²) in [4.78, 5) is 12.5. The highest BCUT2D eigenvalue weighted by molar-refractivity contribution is 5.85. The SMILES string of the molecule is Oc1ccc(Nc2nc(O)nc3c2ncn3C2CCCCO2)cc1. The predicted molar refractivity (Wildman–Crippen MR) is 87.2 cm³/mol. The maximum absolute atomic E-state index is 9.89. The van der Waals surface area contributed by atoms with Crippen molar-refractivity contribution in [3.05, 3.63) is 30.6 Å². The van der Waals surface area contributed by atoms with Crippen LogP contribution < -0.4 is 5.32 Å². The first-order valence-corrected chi connectivity index (χ1v) is 7.82. The maximum Gasteiger partial charge on any atom is 0.318 e. The molecule has 1 unspecified atom stereocenters. The number of fused-ring (bicyclic) bond motifs is 1. The van der Waals surface area contributed by atoms with Gasteiger partial charge in [0.2, 0.25) is 0 Å². The summed E-state index contributed by atoms with van der Waals surface area (Å²) in [5.74, 6) is 0.577. The summed E-state index contributed by atoms with van der Waals surface area (Å²) >= 11 is 0. The Morgan fingerprint density at radius 2 is 1.96 bits per heavy atom. The molecule has 0 bridgehead atoms. The third-order valence-corrected chi connectivity index (χ3v) is 4.01. The number of ether oxygens (including phenoxy) is 1. The highest BCUT2D eigenvalue weighted by Gasteiger charge is 2.21. The molecule has 3 N–H and O–H groups in total. The number of imidazole rings is 1. The Morgan fingerprint density at radius 1 is 1.12 bits per heavy atom. The summed E-state index contributed by atoms with van der Waals surface area (Å²) in [6.07, 6.45) is 4.56. The lowest BCUT2D eigenvalue weighted by molar-refractivity contribution is -0.0298. The van der Waals surface area contributed by atoms with Crippen LogP contribution in [0, 0.1) is 0 Å². The van der Waals surface area contributed by atoms with Gasteiger partial charge in [0.05, 0.1) is 6.33 Å². The zero-order valence-electron chi connectivity index (χ0n) is 12.9. The van der Waals surface area contributed by atoms with Crippen LogP contribution >= 0.6 is 0 Å². The van der Waals surface area contributed by atoms with E-state index < -0.39 is 0 Å². The van der Waals surface area contributed by atoms with E-state index in [-0.39, 0.29) is 18.0 Å². The largest absolute Gasteiger partial charge is 0.508 e. The zero-order valence-corrected chi connectivity index (χ0v) is 12.9. The molecule has 2 aromatic heterocycles. The molecule has 1 saturated heterocycles. The molecule has 3 heterocycles. The number of aromatic hydroxyl groups is 2. The van der Waals surface area contributed by atoms with Crippen molar-refractivity contribution in [2.45, 2.75) is 25.5 Å². The minimum atomic E-state index is -0.332. The lowest BCUT2D eigenvalue weighted by atomic mass is 10.2. The van der Waals surface area contributed by atoms with Crippen LogP contribution in [0.3, 0.4) is 0 Å². The van der Waals surface area contributed by atoms with Gasteiger partial charge in [0.25, 0.3) is 0 Å². The molecule has 1 aliphatic heterocycles. The molecule has 1 aliphatic rings. The van der Waals surface area contributed by atoms with E-state index in [0.29, 0.717) is 23.6 Å². The standard InChI is InChI=1S/C16H17N5O3/c22-11-6-4-10(5-7-11)18-14-13-15(20-16(23)19-14)21(9-17-13)12-3-1-2-8-24-12/h4-7,9,12,22H,1-3,8H2,(H2,18,19,20,23). The van der Waals surface area contributed by atoms with Gasteiger partial charge in [0.15, 0.2) is 17.0 Å². The van der Waals surface area contributed by atoms with E-state index in [0.717, 1.165) is 24.9 Å². The third-order valence-electron chi connectivity index (χ3n) is 4.01. The van der Waals surface area contributed by atoms with Crippen molar-refractivity contribution in [2.24, 2.45) is 0 Å². The van der Waals surface area contributed by atoms with Crippen molar-refractivity contribution in [3.8, 4) is 11.8 Å². The van der Waals surface area contributed by atoms with Gasteiger partial charge in [0, 0.05) is 12.3 Å². The summed E-state index contributed by atoms with van der Waals surface area (Å²) in [5.41, 5.74) is 1.79. The van der Waals surface area contributed by atoms with E-state index in [9.17, 15) is 10.2 Å². The number of rotatable bonds is 3. The molecule has 8 heteroatoms. The van der Waals surface area contributed by atoms with E-state index in [1.54, 1.807) is 30.6 Å². The number of hydrogen-bond donors (Lipinski definition) is 3. The van der Waals surface area contributed by atoms with Crippen LogP contribution in [0.4, 0.5) is 11.5 Å². The fourth-order valence-electron chi connectivity index (χ4n) is 2.83. The van der Waals surface area contributed by atoms with Crippen LogP contribution in [-0.2, 0) is 4.74 Å². The first kappa shape index (κ1) is 14.7. The number of phenolic OH excluding ortho intramolecular Hbond substituents is 1. The van der Waals surface area contributed by atoms with Gasteiger partial charge < -0.3 is 20.3 Å². The first-order chi connectivity index (χ1) is 11.7. The van der Waals surface area contributed by atoms with Crippen LogP contribution in [0.2, 0.25) is 0 Å². The number of aromatic nitrogens is 4. The highest BCUT2D eigenvalue weighted by Crippen LogP contribution is 2.30. The minimum Gasteiger partial charge on any atom is -0.508 e. The van der Waals surface area contributed by atoms with E-state index >= 15 is 0 Å². The molecule has 4 rings (SSSR count). The van der Waals surface area contributed by atoms with Crippen LogP contribution in [0.1, 0.15) is 25.5 Å². The van der Waals surface area contributed by atoms with Gasteiger partial charge in [-0.05, 0) is 43.5 Å².